The number of carbonyl (C=O) groups excluding carboxylic acids is 2. The Hall–Kier alpha value is -3.36. The van der Waals surface area contributed by atoms with Crippen LogP contribution >= 0.6 is 0 Å². The zero-order chi connectivity index (χ0) is 19.3. The highest BCUT2D eigenvalue weighted by atomic mass is 16.4. The molecule has 2 atom stereocenters. The number of carbonyl (C=O) groups is 3. The van der Waals surface area contributed by atoms with E-state index in [0.29, 0.717) is 24.2 Å². The molecule has 0 aromatic heterocycles. The van der Waals surface area contributed by atoms with Gasteiger partial charge in [0.1, 0.15) is 11.9 Å². The van der Waals surface area contributed by atoms with E-state index in [1.165, 1.54) is 11.0 Å². The van der Waals surface area contributed by atoms with Crippen molar-refractivity contribution in [2.45, 2.75) is 24.9 Å². The Morgan fingerprint density at radius 1 is 1.42 bits per heavy atom. The van der Waals surface area contributed by atoms with Crippen LogP contribution < -0.4 is 21.3 Å². The van der Waals surface area contributed by atoms with Gasteiger partial charge in [-0.2, -0.15) is 0 Å². The Labute approximate surface area is 150 Å². The minimum absolute atomic E-state index is 0.0568. The average Bonchev–Trinajstić information content (AvgIpc) is 2.94. The summed E-state index contributed by atoms with van der Waals surface area (Å²) in [5.74, 6) is -1.38. The number of nitrogens with one attached hydrogen (secondary N) is 3. The van der Waals surface area contributed by atoms with Crippen LogP contribution in [-0.2, 0) is 9.59 Å². The maximum Gasteiger partial charge on any atom is 0.315 e. The maximum atomic E-state index is 12.5. The molecule has 1 fully saturated rings. The second-order valence-electron chi connectivity index (χ2n) is 5.85. The summed E-state index contributed by atoms with van der Waals surface area (Å²) in [6.07, 6.45) is 1.47. The van der Waals surface area contributed by atoms with E-state index in [1.54, 1.807) is 24.3 Å². The van der Waals surface area contributed by atoms with Crippen molar-refractivity contribution in [2.24, 2.45) is 5.73 Å². The van der Waals surface area contributed by atoms with Crippen LogP contribution in [0.3, 0.4) is 0 Å². The minimum atomic E-state index is -1.06. The molecular formula is C17H21N5O4. The van der Waals surface area contributed by atoms with Crippen LogP contribution in [0.2, 0.25) is 0 Å². The Kier molecular flexibility index (Phi) is 5.94. The first kappa shape index (κ1) is 19.0. The number of amidine groups is 1. The smallest absolute Gasteiger partial charge is 0.315 e. The first-order chi connectivity index (χ1) is 12.3. The molecule has 1 heterocycles. The molecule has 1 aromatic rings. The topological polar surface area (TPSA) is 149 Å². The van der Waals surface area contributed by atoms with E-state index in [9.17, 15) is 14.4 Å². The number of hydrogen-bond acceptors (Lipinski definition) is 4. The zero-order valence-electron chi connectivity index (χ0n) is 14.1. The zero-order valence-corrected chi connectivity index (χ0v) is 14.1. The third kappa shape index (κ3) is 4.59. The normalized spacial score (nSPS) is 17.5. The number of benzene rings is 1. The van der Waals surface area contributed by atoms with Gasteiger partial charge in [-0.1, -0.05) is 6.08 Å². The summed E-state index contributed by atoms with van der Waals surface area (Å²) in [5, 5.41) is 21.2. The fourth-order valence-electron chi connectivity index (χ4n) is 2.64. The van der Waals surface area contributed by atoms with Gasteiger partial charge >= 0.3 is 12.0 Å². The van der Waals surface area contributed by atoms with Gasteiger partial charge < -0.3 is 26.4 Å². The number of amides is 3. The Morgan fingerprint density at radius 3 is 2.62 bits per heavy atom. The molecule has 1 aromatic carbocycles. The van der Waals surface area contributed by atoms with Crippen LogP contribution in [0.1, 0.15) is 18.4 Å². The molecular weight excluding hydrogens is 338 g/mol. The first-order valence-electron chi connectivity index (χ1n) is 7.99. The summed E-state index contributed by atoms with van der Waals surface area (Å²) in [5.41, 5.74) is 6.62. The number of aliphatic carboxylic acids is 1. The van der Waals surface area contributed by atoms with E-state index in [4.69, 9.17) is 16.2 Å². The summed E-state index contributed by atoms with van der Waals surface area (Å²) < 4.78 is 0. The monoisotopic (exact) mass is 359 g/mol. The molecule has 0 bridgehead atoms. The van der Waals surface area contributed by atoms with Crippen LogP contribution in [-0.4, -0.2) is 47.5 Å². The van der Waals surface area contributed by atoms with Crippen molar-refractivity contribution >= 4 is 29.4 Å². The van der Waals surface area contributed by atoms with Crippen molar-refractivity contribution in [3.8, 4) is 0 Å². The summed E-state index contributed by atoms with van der Waals surface area (Å²) in [6, 6.07) is 4.65. The molecule has 6 N–H and O–H groups in total. The lowest BCUT2D eigenvalue weighted by Crippen LogP contribution is -2.49. The molecule has 9 heteroatoms. The van der Waals surface area contributed by atoms with E-state index >= 15 is 0 Å². The third-order valence-corrected chi connectivity index (χ3v) is 4.00. The van der Waals surface area contributed by atoms with Crippen LogP contribution in [0.15, 0.2) is 36.9 Å². The van der Waals surface area contributed by atoms with Gasteiger partial charge in [0.25, 0.3) is 0 Å². The van der Waals surface area contributed by atoms with Gasteiger partial charge in [0, 0.05) is 17.8 Å². The van der Waals surface area contributed by atoms with E-state index in [1.807, 2.05) is 0 Å². The van der Waals surface area contributed by atoms with Crippen molar-refractivity contribution in [3.63, 3.8) is 0 Å². The second kappa shape index (κ2) is 8.15. The van der Waals surface area contributed by atoms with Crippen molar-refractivity contribution in [3.05, 3.63) is 42.5 Å². The van der Waals surface area contributed by atoms with Crippen molar-refractivity contribution in [2.75, 3.05) is 11.4 Å². The lowest BCUT2D eigenvalue weighted by Gasteiger charge is -2.19. The van der Waals surface area contributed by atoms with Crippen LogP contribution in [0, 0.1) is 5.41 Å². The molecule has 0 aliphatic carbocycles. The predicted molar refractivity (Wildman–Crippen MR) is 96.1 cm³/mol. The molecule has 1 unspecified atom stereocenters. The highest BCUT2D eigenvalue weighted by Gasteiger charge is 2.33. The molecule has 138 valence electrons. The van der Waals surface area contributed by atoms with E-state index in [2.05, 4.69) is 17.2 Å². The molecule has 3 amide bonds. The fourth-order valence-corrected chi connectivity index (χ4v) is 2.64. The average molecular weight is 359 g/mol. The molecule has 9 nitrogen and oxygen atoms in total. The summed E-state index contributed by atoms with van der Waals surface area (Å²) in [7, 11) is 0. The van der Waals surface area contributed by atoms with Gasteiger partial charge in [0.05, 0.1) is 12.5 Å². The van der Waals surface area contributed by atoms with Gasteiger partial charge in [-0.05, 0) is 30.7 Å². The molecule has 0 radical (unpaired) electrons. The number of nitrogens with zero attached hydrogens (tertiary/aromatic N) is 1. The SMILES string of the molecule is C=CC(CC(=O)O)NC(=O)N[C@H]1CCN(c2ccc(C(=N)N)cc2)C1=O. The number of nitrogen functional groups attached to an aromatic ring is 1. The van der Waals surface area contributed by atoms with E-state index in [0.717, 1.165) is 0 Å². The fraction of sp³-hybridized carbons (Fsp3) is 0.294. The minimum Gasteiger partial charge on any atom is -0.481 e. The van der Waals surface area contributed by atoms with Crippen molar-refractivity contribution in [1.82, 2.24) is 10.6 Å². The van der Waals surface area contributed by atoms with E-state index in [-0.39, 0.29) is 18.2 Å². The summed E-state index contributed by atoms with van der Waals surface area (Å²) >= 11 is 0. The molecule has 1 aliphatic rings. The standard InChI is InChI=1S/C17H21N5O4/c1-2-11(9-14(23)24)20-17(26)21-13-7-8-22(16(13)25)12-5-3-10(4-6-12)15(18)19/h2-6,11,13H,1,7-9H2,(H3,18,19)(H,23,24)(H2,20,21,26)/t11?,13-/m0/s1. The van der Waals surface area contributed by atoms with Gasteiger partial charge in [-0.25, -0.2) is 4.79 Å². The van der Waals surface area contributed by atoms with Gasteiger partial charge in [0.2, 0.25) is 5.91 Å². The number of hydrogen-bond donors (Lipinski definition) is 5. The third-order valence-electron chi connectivity index (χ3n) is 4.00. The lowest BCUT2D eigenvalue weighted by molar-refractivity contribution is -0.137. The number of nitrogens with two attached hydrogens (primary N) is 1. The Balaban J connectivity index is 1.95. The molecule has 1 saturated heterocycles. The Morgan fingerprint density at radius 2 is 2.08 bits per heavy atom. The number of carboxylic acids is 1. The molecule has 1 aliphatic heterocycles. The van der Waals surface area contributed by atoms with Crippen LogP contribution in [0.4, 0.5) is 10.5 Å². The molecule has 26 heavy (non-hydrogen) atoms. The van der Waals surface area contributed by atoms with Gasteiger partial charge in [-0.3, -0.25) is 15.0 Å². The predicted octanol–water partition coefficient (Wildman–Crippen LogP) is 0.404. The molecule has 0 spiro atoms. The number of carboxylic acid groups (broad SMARTS) is 1. The largest absolute Gasteiger partial charge is 0.481 e. The van der Waals surface area contributed by atoms with Crippen molar-refractivity contribution < 1.29 is 19.5 Å². The molecule has 2 rings (SSSR count). The quantitative estimate of drug-likeness (QED) is 0.271. The maximum absolute atomic E-state index is 12.5. The second-order valence-corrected chi connectivity index (χ2v) is 5.85. The summed E-state index contributed by atoms with van der Waals surface area (Å²) in [6.45, 7) is 3.91. The molecule has 0 saturated carbocycles. The summed E-state index contributed by atoms with van der Waals surface area (Å²) in [4.78, 5) is 36.7. The number of anilines is 1. The number of urea groups is 1. The van der Waals surface area contributed by atoms with Gasteiger partial charge in [0.15, 0.2) is 0 Å². The van der Waals surface area contributed by atoms with Gasteiger partial charge in [-0.15, -0.1) is 6.58 Å². The first-order valence-corrected chi connectivity index (χ1v) is 7.99. The van der Waals surface area contributed by atoms with Crippen LogP contribution in [0.5, 0.6) is 0 Å². The lowest BCUT2D eigenvalue weighted by atomic mass is 10.2. The highest BCUT2D eigenvalue weighted by molar-refractivity contribution is 6.02. The number of rotatable bonds is 7. The van der Waals surface area contributed by atoms with E-state index < -0.39 is 24.1 Å². The Bertz CT molecular complexity index is 731. The van der Waals surface area contributed by atoms with Crippen molar-refractivity contribution in [1.29, 1.82) is 5.41 Å². The highest BCUT2D eigenvalue weighted by Crippen LogP contribution is 2.22. The van der Waals surface area contributed by atoms with Crippen LogP contribution in [0.25, 0.3) is 0 Å².